The minimum absolute atomic E-state index is 0.0272. The summed E-state index contributed by atoms with van der Waals surface area (Å²) in [6, 6.07) is 24.1. The number of hydrogen-bond acceptors (Lipinski definition) is 5. The van der Waals surface area contributed by atoms with Crippen LogP contribution in [0.5, 0.6) is 11.5 Å². The van der Waals surface area contributed by atoms with Crippen LogP contribution in [0.4, 0.5) is 0 Å². The third kappa shape index (κ3) is 5.54. The number of methoxy groups -OCH3 is 1. The van der Waals surface area contributed by atoms with Crippen LogP contribution in [-0.4, -0.2) is 44.7 Å². The summed E-state index contributed by atoms with van der Waals surface area (Å²) in [6.07, 6.45) is 0.948. The molecule has 0 aliphatic carbocycles. The number of benzene rings is 3. The lowest BCUT2D eigenvalue weighted by atomic mass is 10.1. The second-order valence-electron chi connectivity index (χ2n) is 8.06. The molecule has 1 aliphatic rings. The Morgan fingerprint density at radius 3 is 2.15 bits per heavy atom. The van der Waals surface area contributed by atoms with Crippen molar-refractivity contribution in [3.05, 3.63) is 90.0 Å². The molecule has 0 unspecified atom stereocenters. The molecule has 172 valence electrons. The van der Waals surface area contributed by atoms with Gasteiger partial charge in [-0.05, 0) is 53.9 Å². The molecule has 0 radical (unpaired) electrons. The largest absolute Gasteiger partial charge is 0.497 e. The first-order chi connectivity index (χ1) is 16.0. The minimum atomic E-state index is -3.45. The van der Waals surface area contributed by atoms with Gasteiger partial charge in [-0.15, -0.1) is 0 Å². The first kappa shape index (κ1) is 22.9. The van der Waals surface area contributed by atoms with E-state index in [4.69, 9.17) is 9.47 Å². The summed E-state index contributed by atoms with van der Waals surface area (Å²) < 4.78 is 36.4. The molecular weight excluding hydrogens is 438 g/mol. The highest BCUT2D eigenvalue weighted by Gasteiger charge is 2.40. The number of aryl methyl sites for hydroxylation is 1. The van der Waals surface area contributed by atoms with Gasteiger partial charge in [-0.1, -0.05) is 42.5 Å². The van der Waals surface area contributed by atoms with Crippen molar-refractivity contribution in [2.45, 2.75) is 29.6 Å². The van der Waals surface area contributed by atoms with Crippen LogP contribution in [0.25, 0.3) is 0 Å². The van der Waals surface area contributed by atoms with Crippen LogP contribution in [-0.2, 0) is 27.7 Å². The van der Waals surface area contributed by atoms with Crippen LogP contribution in [0.2, 0.25) is 0 Å². The molecule has 4 rings (SSSR count). The number of sulfone groups is 1. The Morgan fingerprint density at radius 1 is 0.879 bits per heavy atom. The molecule has 3 aromatic carbocycles. The molecule has 0 spiro atoms. The number of rotatable bonds is 9. The highest BCUT2D eigenvalue weighted by atomic mass is 32.2. The van der Waals surface area contributed by atoms with Gasteiger partial charge in [0, 0.05) is 19.5 Å². The Morgan fingerprint density at radius 2 is 1.52 bits per heavy atom. The Kier molecular flexibility index (Phi) is 6.99. The maximum atomic E-state index is 12.7. The van der Waals surface area contributed by atoms with Crippen molar-refractivity contribution in [2.75, 3.05) is 20.2 Å². The van der Waals surface area contributed by atoms with Crippen molar-refractivity contribution in [3.63, 3.8) is 0 Å². The molecule has 1 aliphatic heterocycles. The van der Waals surface area contributed by atoms with E-state index in [-0.39, 0.29) is 23.9 Å². The molecular formula is C26H27NO5S. The molecule has 1 heterocycles. The number of nitrogens with zero attached hydrogens (tertiary/aromatic N) is 1. The second-order valence-corrected chi connectivity index (χ2v) is 10.3. The van der Waals surface area contributed by atoms with E-state index in [2.05, 4.69) is 0 Å². The number of carbonyl (C=O) groups excluding carboxylic acids is 1. The molecule has 0 saturated carbocycles. The van der Waals surface area contributed by atoms with Crippen molar-refractivity contribution >= 4 is 15.7 Å². The standard InChI is InChI=1S/C26H27NO5S/c1-31-22-12-14-24(15-13-22)33(29,30)25-17-27(18-25)26(28)16-9-20-7-10-23(11-8-20)32-19-21-5-3-2-4-6-21/h2-8,10-15,25H,9,16-19H2,1H3. The summed E-state index contributed by atoms with van der Waals surface area (Å²) >= 11 is 0. The molecule has 0 N–H and O–H groups in total. The van der Waals surface area contributed by atoms with E-state index in [0.717, 1.165) is 16.9 Å². The highest BCUT2D eigenvalue weighted by Crippen LogP contribution is 2.26. The zero-order chi connectivity index (χ0) is 23.3. The van der Waals surface area contributed by atoms with Crippen LogP contribution in [0, 0.1) is 0 Å². The second kappa shape index (κ2) is 10.1. The maximum absolute atomic E-state index is 12.7. The predicted octanol–water partition coefficient (Wildman–Crippen LogP) is 3.89. The van der Waals surface area contributed by atoms with Crippen LogP contribution < -0.4 is 9.47 Å². The minimum Gasteiger partial charge on any atom is -0.497 e. The van der Waals surface area contributed by atoms with Crippen molar-refractivity contribution in [3.8, 4) is 11.5 Å². The Balaban J connectivity index is 1.23. The van der Waals surface area contributed by atoms with Gasteiger partial charge < -0.3 is 14.4 Å². The molecule has 7 heteroatoms. The van der Waals surface area contributed by atoms with Gasteiger partial charge >= 0.3 is 0 Å². The SMILES string of the molecule is COc1ccc(S(=O)(=O)C2CN(C(=O)CCc3ccc(OCc4ccccc4)cc3)C2)cc1. The fourth-order valence-electron chi connectivity index (χ4n) is 3.70. The van der Waals surface area contributed by atoms with Gasteiger partial charge in [-0.25, -0.2) is 8.42 Å². The average Bonchev–Trinajstić information content (AvgIpc) is 2.81. The van der Waals surface area contributed by atoms with Crippen LogP contribution >= 0.6 is 0 Å². The Bertz CT molecular complexity index is 1170. The fourth-order valence-corrected chi connectivity index (χ4v) is 5.35. The molecule has 1 saturated heterocycles. The van der Waals surface area contributed by atoms with Gasteiger partial charge in [0.2, 0.25) is 5.91 Å². The maximum Gasteiger partial charge on any atom is 0.222 e. The lowest BCUT2D eigenvalue weighted by Gasteiger charge is -2.38. The zero-order valence-electron chi connectivity index (χ0n) is 18.5. The molecule has 0 aromatic heterocycles. The molecule has 3 aromatic rings. The van der Waals surface area contributed by atoms with Gasteiger partial charge in [0.1, 0.15) is 23.4 Å². The molecule has 0 bridgehead atoms. The van der Waals surface area contributed by atoms with Gasteiger partial charge in [0.25, 0.3) is 0 Å². The Hall–Kier alpha value is -3.32. The number of hydrogen-bond donors (Lipinski definition) is 0. The first-order valence-electron chi connectivity index (χ1n) is 10.9. The Labute approximate surface area is 194 Å². The van der Waals surface area contributed by atoms with E-state index < -0.39 is 15.1 Å². The lowest BCUT2D eigenvalue weighted by Crippen LogP contribution is -2.56. The van der Waals surface area contributed by atoms with Gasteiger partial charge in [-0.2, -0.15) is 0 Å². The summed E-state index contributed by atoms with van der Waals surface area (Å²) in [5, 5.41) is -0.559. The average molecular weight is 466 g/mol. The van der Waals surface area contributed by atoms with Crippen LogP contribution in [0.1, 0.15) is 17.5 Å². The van der Waals surface area contributed by atoms with Crippen molar-refractivity contribution < 1.29 is 22.7 Å². The molecule has 6 nitrogen and oxygen atoms in total. The molecule has 33 heavy (non-hydrogen) atoms. The van der Waals surface area contributed by atoms with E-state index >= 15 is 0 Å². The number of likely N-dealkylation sites (tertiary alicyclic amines) is 1. The fraction of sp³-hybridized carbons (Fsp3) is 0.269. The predicted molar refractivity (Wildman–Crippen MR) is 126 cm³/mol. The van der Waals surface area contributed by atoms with E-state index in [1.165, 1.54) is 7.11 Å². The smallest absolute Gasteiger partial charge is 0.222 e. The first-order valence-corrected chi connectivity index (χ1v) is 12.4. The van der Waals surface area contributed by atoms with Crippen molar-refractivity contribution in [2.24, 2.45) is 0 Å². The summed E-state index contributed by atoms with van der Waals surface area (Å²) in [7, 11) is -1.92. The molecule has 1 fully saturated rings. The van der Waals surface area contributed by atoms with E-state index in [1.807, 2.05) is 54.6 Å². The summed E-state index contributed by atoms with van der Waals surface area (Å²) in [5.41, 5.74) is 2.15. The van der Waals surface area contributed by atoms with Gasteiger partial charge in [-0.3, -0.25) is 4.79 Å². The molecule has 0 atom stereocenters. The third-order valence-corrected chi connectivity index (χ3v) is 7.93. The molecule has 1 amide bonds. The zero-order valence-corrected chi connectivity index (χ0v) is 19.3. The van der Waals surface area contributed by atoms with Crippen LogP contribution in [0.15, 0.2) is 83.8 Å². The van der Waals surface area contributed by atoms with E-state index in [9.17, 15) is 13.2 Å². The number of ether oxygens (including phenoxy) is 2. The monoisotopic (exact) mass is 465 g/mol. The summed E-state index contributed by atoms with van der Waals surface area (Å²) in [6.45, 7) is 0.979. The lowest BCUT2D eigenvalue weighted by molar-refractivity contribution is -0.134. The highest BCUT2D eigenvalue weighted by molar-refractivity contribution is 7.92. The van der Waals surface area contributed by atoms with Gasteiger partial charge in [0.05, 0.1) is 12.0 Å². The van der Waals surface area contributed by atoms with E-state index in [0.29, 0.717) is 25.2 Å². The topological polar surface area (TPSA) is 72.9 Å². The number of carbonyl (C=O) groups is 1. The van der Waals surface area contributed by atoms with Crippen molar-refractivity contribution in [1.29, 1.82) is 0 Å². The quantitative estimate of drug-likeness (QED) is 0.479. The summed E-state index contributed by atoms with van der Waals surface area (Å²) in [4.78, 5) is 14.4. The van der Waals surface area contributed by atoms with Gasteiger partial charge in [0.15, 0.2) is 9.84 Å². The number of amides is 1. The normalized spacial score (nSPS) is 13.9. The third-order valence-electron chi connectivity index (χ3n) is 5.83. The van der Waals surface area contributed by atoms with Crippen molar-refractivity contribution in [1.82, 2.24) is 4.90 Å². The summed E-state index contributed by atoms with van der Waals surface area (Å²) in [5.74, 6) is 1.36. The van der Waals surface area contributed by atoms with E-state index in [1.54, 1.807) is 29.2 Å². The van der Waals surface area contributed by atoms with Crippen LogP contribution in [0.3, 0.4) is 0 Å².